The lowest BCUT2D eigenvalue weighted by atomic mass is 10.0. The molecule has 0 saturated heterocycles. The summed E-state index contributed by atoms with van der Waals surface area (Å²) in [4.78, 5) is 64.2. The molecule has 0 aliphatic heterocycles. The second-order valence-electron chi connectivity index (χ2n) is 14.9. The number of halogens is 1. The first-order chi connectivity index (χ1) is 22.5. The Morgan fingerprint density at radius 1 is 0.816 bits per heavy atom. The molecule has 3 amide bonds. The predicted molar refractivity (Wildman–Crippen MR) is 191 cm³/mol. The molecule has 0 radical (unpaired) electrons. The Morgan fingerprint density at radius 2 is 1.37 bits per heavy atom. The van der Waals surface area contributed by atoms with Gasteiger partial charge in [0.15, 0.2) is 0 Å². The monoisotopic (exact) mass is 724 g/mol. The lowest BCUT2D eigenvalue weighted by Crippen LogP contribution is -2.53. The zero-order valence-corrected chi connectivity index (χ0v) is 31.7. The maximum absolute atomic E-state index is 13.1. The van der Waals surface area contributed by atoms with Crippen LogP contribution in [0.1, 0.15) is 100.0 Å². The number of hydrogen-bond acceptors (Lipinski definition) is 10. The van der Waals surface area contributed by atoms with Gasteiger partial charge in [-0.05, 0) is 129 Å². The normalized spacial score (nSPS) is 13.9. The first-order valence-electron chi connectivity index (χ1n) is 16.5. The number of fused-ring (bicyclic) bond motifs is 1. The van der Waals surface area contributed by atoms with Crippen LogP contribution in [0.5, 0.6) is 0 Å². The van der Waals surface area contributed by atoms with Crippen molar-refractivity contribution in [3.05, 3.63) is 34.2 Å². The summed E-state index contributed by atoms with van der Waals surface area (Å²) in [6.07, 6.45) is 1.27. The van der Waals surface area contributed by atoms with E-state index in [2.05, 4.69) is 16.0 Å². The van der Waals surface area contributed by atoms with Gasteiger partial charge in [0, 0.05) is 22.7 Å². The van der Waals surface area contributed by atoms with E-state index < -0.39 is 58.9 Å². The van der Waals surface area contributed by atoms with E-state index in [-0.39, 0.29) is 25.2 Å². The van der Waals surface area contributed by atoms with E-state index in [4.69, 9.17) is 31.5 Å². The molecule has 0 saturated carbocycles. The number of thiophene rings is 1. The fraction of sp³-hybridized carbons (Fsp3) is 0.629. The van der Waals surface area contributed by atoms with Crippen molar-refractivity contribution in [3.8, 4) is 0 Å². The van der Waals surface area contributed by atoms with E-state index in [1.54, 1.807) is 73.7 Å². The summed E-state index contributed by atoms with van der Waals surface area (Å²) in [5.74, 6) is -2.22. The van der Waals surface area contributed by atoms with Gasteiger partial charge in [0.2, 0.25) is 5.91 Å². The van der Waals surface area contributed by atoms with Crippen LogP contribution >= 0.6 is 22.9 Å². The van der Waals surface area contributed by atoms with E-state index >= 15 is 0 Å². The number of carbonyl (C=O) groups is 5. The number of benzene rings is 1. The highest BCUT2D eigenvalue weighted by atomic mass is 35.5. The molecule has 0 unspecified atom stereocenters. The summed E-state index contributed by atoms with van der Waals surface area (Å²) in [7, 11) is 0. The van der Waals surface area contributed by atoms with Gasteiger partial charge >= 0.3 is 23.9 Å². The molecule has 0 aliphatic carbocycles. The zero-order valence-electron chi connectivity index (χ0n) is 30.1. The van der Waals surface area contributed by atoms with Crippen LogP contribution in [0.2, 0.25) is 5.02 Å². The Hall–Kier alpha value is -3.42. The van der Waals surface area contributed by atoms with Gasteiger partial charge in [-0.1, -0.05) is 11.6 Å². The lowest BCUT2D eigenvalue weighted by molar-refractivity contribution is -0.159. The topological polar surface area (TPSA) is 175 Å². The molecular weight excluding hydrogens is 672 g/mol. The third kappa shape index (κ3) is 16.2. The maximum Gasteiger partial charge on any atom is 0.329 e. The Bertz CT molecular complexity index is 1460. The zero-order chi connectivity index (χ0) is 37.2. The molecule has 0 aliphatic rings. The second kappa shape index (κ2) is 18.0. The van der Waals surface area contributed by atoms with Crippen molar-refractivity contribution >= 4 is 62.9 Å². The molecule has 2 rings (SSSR count). The van der Waals surface area contributed by atoms with Crippen molar-refractivity contribution in [3.63, 3.8) is 0 Å². The first kappa shape index (κ1) is 41.7. The number of nitrogens with one attached hydrogen (secondary N) is 3. The maximum atomic E-state index is 13.1. The molecule has 3 atom stereocenters. The van der Waals surface area contributed by atoms with Crippen LogP contribution in [0.25, 0.3) is 10.1 Å². The summed E-state index contributed by atoms with van der Waals surface area (Å²) in [6, 6.07) is 1.82. The molecule has 0 fully saturated rings. The van der Waals surface area contributed by atoms with Crippen molar-refractivity contribution in [2.24, 2.45) is 5.73 Å². The quantitative estimate of drug-likeness (QED) is 0.104. The van der Waals surface area contributed by atoms with Crippen molar-refractivity contribution < 1.29 is 38.2 Å². The highest BCUT2D eigenvalue weighted by Gasteiger charge is 2.31. The third-order valence-electron chi connectivity index (χ3n) is 6.66. The van der Waals surface area contributed by atoms with Crippen LogP contribution in [0.4, 0.5) is 4.79 Å². The molecule has 49 heavy (non-hydrogen) atoms. The summed E-state index contributed by atoms with van der Waals surface area (Å²) < 4.78 is 17.4. The Morgan fingerprint density at radius 3 is 1.92 bits per heavy atom. The Labute approximate surface area is 298 Å². The van der Waals surface area contributed by atoms with Crippen LogP contribution in [-0.4, -0.2) is 71.3 Å². The van der Waals surface area contributed by atoms with Gasteiger partial charge < -0.3 is 35.9 Å². The third-order valence-corrected chi connectivity index (χ3v) is 7.91. The van der Waals surface area contributed by atoms with Crippen molar-refractivity contribution in [1.29, 1.82) is 0 Å². The van der Waals surface area contributed by atoms with Gasteiger partial charge in [-0.15, -0.1) is 11.3 Å². The van der Waals surface area contributed by atoms with E-state index in [1.807, 2.05) is 23.6 Å². The van der Waals surface area contributed by atoms with Crippen LogP contribution in [0, 0.1) is 0 Å². The number of nitrogens with two attached hydrogens (primary N) is 1. The highest BCUT2D eigenvalue weighted by molar-refractivity contribution is 7.17. The Balaban J connectivity index is 1.98. The van der Waals surface area contributed by atoms with E-state index in [1.165, 1.54) is 0 Å². The Kier molecular flexibility index (Phi) is 15.3. The number of hydrogen-bond donors (Lipinski definition) is 4. The fourth-order valence-electron chi connectivity index (χ4n) is 4.61. The van der Waals surface area contributed by atoms with Gasteiger partial charge in [0.1, 0.15) is 28.9 Å². The van der Waals surface area contributed by atoms with E-state index in [0.717, 1.165) is 15.6 Å². The van der Waals surface area contributed by atoms with Gasteiger partial charge in [0.25, 0.3) is 0 Å². The molecule has 274 valence electrons. The molecular formula is C35H53ClN4O8S. The van der Waals surface area contributed by atoms with Gasteiger partial charge in [0.05, 0.1) is 6.04 Å². The SMILES string of the molecule is CC(C)(C)OC(=O)CC[C@H](NC(=O)N[C@@H](CCCCNC(=O)[C@H](N)Cc1csc2ccc(Cl)cc12)C(=O)OC(C)(C)C)C(=O)OC(C)(C)C. The molecule has 2 aromatic rings. The summed E-state index contributed by atoms with van der Waals surface area (Å²) in [5, 5.41) is 11.6. The number of urea groups is 1. The number of amides is 3. The van der Waals surface area contributed by atoms with Gasteiger partial charge in [-0.3, -0.25) is 9.59 Å². The van der Waals surface area contributed by atoms with Crippen LogP contribution in [-0.2, 0) is 39.8 Å². The fourth-order valence-corrected chi connectivity index (χ4v) is 5.74. The largest absolute Gasteiger partial charge is 0.460 e. The standard InChI is InChI=1S/C35H53ClN4O8S/c1-33(2,3)46-28(41)16-14-26(31(44)48-35(7,8)9)40-32(45)39-25(30(43)47-34(4,5)6)12-10-11-17-38-29(42)24(37)18-21-20-49-27-15-13-22(36)19-23(21)27/h13,15,19-20,24-26H,10-12,14,16-18,37H2,1-9H3,(H,38,42)(H2,39,40,45)/t24-,25+,26+/m1/s1. The molecule has 1 heterocycles. The van der Waals surface area contributed by atoms with E-state index in [0.29, 0.717) is 30.8 Å². The first-order valence-corrected chi connectivity index (χ1v) is 17.7. The molecule has 1 aromatic heterocycles. The van der Waals surface area contributed by atoms with Crippen molar-refractivity contribution in [1.82, 2.24) is 16.0 Å². The number of esters is 3. The summed E-state index contributed by atoms with van der Waals surface area (Å²) in [6.45, 7) is 15.7. The molecule has 1 aromatic carbocycles. The average Bonchev–Trinajstić information content (AvgIpc) is 3.32. The minimum Gasteiger partial charge on any atom is -0.460 e. The van der Waals surface area contributed by atoms with Crippen LogP contribution in [0.15, 0.2) is 23.6 Å². The summed E-state index contributed by atoms with van der Waals surface area (Å²) in [5.41, 5.74) is 4.78. The molecule has 5 N–H and O–H groups in total. The molecule has 0 bridgehead atoms. The number of ether oxygens (including phenoxy) is 3. The molecule has 0 spiro atoms. The van der Waals surface area contributed by atoms with Crippen LogP contribution in [0.3, 0.4) is 0 Å². The number of carbonyl (C=O) groups excluding carboxylic acids is 5. The van der Waals surface area contributed by atoms with Crippen molar-refractivity contribution in [2.75, 3.05) is 6.54 Å². The minimum absolute atomic E-state index is 0.0768. The van der Waals surface area contributed by atoms with E-state index in [9.17, 15) is 24.0 Å². The predicted octanol–water partition coefficient (Wildman–Crippen LogP) is 5.55. The van der Waals surface area contributed by atoms with Crippen molar-refractivity contribution in [2.45, 2.75) is 136 Å². The van der Waals surface area contributed by atoms with Crippen LogP contribution < -0.4 is 21.7 Å². The molecule has 12 nitrogen and oxygen atoms in total. The molecule has 14 heteroatoms. The second-order valence-corrected chi connectivity index (χ2v) is 16.3. The average molecular weight is 725 g/mol. The highest BCUT2D eigenvalue weighted by Crippen LogP contribution is 2.29. The number of rotatable bonds is 15. The lowest BCUT2D eigenvalue weighted by Gasteiger charge is -2.27. The minimum atomic E-state index is -1.19. The summed E-state index contributed by atoms with van der Waals surface area (Å²) >= 11 is 7.71. The smallest absolute Gasteiger partial charge is 0.329 e. The van der Waals surface area contributed by atoms with Gasteiger partial charge in [-0.25, -0.2) is 14.4 Å². The number of unbranched alkanes of at least 4 members (excludes halogenated alkanes) is 1. The van der Waals surface area contributed by atoms with Gasteiger partial charge in [-0.2, -0.15) is 0 Å².